The van der Waals surface area contributed by atoms with Crippen LogP contribution < -0.4 is 5.32 Å². The van der Waals surface area contributed by atoms with Crippen LogP contribution in [0, 0.1) is 11.2 Å². The Morgan fingerprint density at radius 3 is 2.61 bits per heavy atom. The number of carboxylic acids is 1. The topological polar surface area (TPSA) is 118 Å². The molecule has 0 saturated heterocycles. The first-order valence-electron chi connectivity index (χ1n) is 12.3. The molecule has 2 heterocycles. The van der Waals surface area contributed by atoms with Crippen LogP contribution in [0.25, 0.3) is 11.5 Å². The summed E-state index contributed by atoms with van der Waals surface area (Å²) in [4.78, 5) is 24.2. The molecule has 38 heavy (non-hydrogen) atoms. The van der Waals surface area contributed by atoms with Crippen molar-refractivity contribution in [3.05, 3.63) is 52.1 Å². The molecule has 12 heteroatoms. The number of alkyl halides is 2. The van der Waals surface area contributed by atoms with Crippen LogP contribution in [-0.2, 0) is 15.5 Å². The molecule has 2 aliphatic rings. The number of hydrogen-bond acceptors (Lipinski definition) is 6. The van der Waals surface area contributed by atoms with Crippen LogP contribution in [0.15, 0.2) is 33.3 Å². The van der Waals surface area contributed by atoms with Gasteiger partial charge in [0.15, 0.2) is 11.5 Å². The summed E-state index contributed by atoms with van der Waals surface area (Å²) >= 11 is 5.77. The normalized spacial score (nSPS) is 17.3. The highest BCUT2D eigenvalue weighted by Gasteiger charge is 2.61. The zero-order chi connectivity index (χ0) is 27.2. The van der Waals surface area contributed by atoms with Crippen molar-refractivity contribution in [2.24, 2.45) is 5.41 Å². The quantitative estimate of drug-likeness (QED) is 0.267. The van der Waals surface area contributed by atoms with E-state index in [-0.39, 0.29) is 47.3 Å². The first-order chi connectivity index (χ1) is 18.0. The molecular weight excluding hydrogens is 527 g/mol. The summed E-state index contributed by atoms with van der Waals surface area (Å²) in [5, 5.41) is 19.9. The lowest BCUT2D eigenvalue weighted by Crippen LogP contribution is -2.24. The molecule has 2 fully saturated rings. The lowest BCUT2D eigenvalue weighted by atomic mass is 9.90. The van der Waals surface area contributed by atoms with Crippen molar-refractivity contribution in [2.75, 3.05) is 5.32 Å². The van der Waals surface area contributed by atoms with Gasteiger partial charge in [0.1, 0.15) is 5.82 Å². The average Bonchev–Trinajstić information content (AvgIpc) is 3.74. The number of carboxylic acid groups (broad SMARTS) is 1. The number of benzene rings is 1. The zero-order valence-electron chi connectivity index (χ0n) is 20.4. The molecule has 8 nitrogen and oxygen atoms in total. The monoisotopic (exact) mass is 551 g/mol. The van der Waals surface area contributed by atoms with Crippen molar-refractivity contribution < 1.29 is 36.9 Å². The smallest absolute Gasteiger partial charge is 0.312 e. The first-order valence-corrected chi connectivity index (χ1v) is 12.7. The third kappa shape index (κ3) is 5.16. The van der Waals surface area contributed by atoms with Gasteiger partial charge in [-0.25, -0.2) is 4.39 Å². The Kier molecular flexibility index (Phi) is 6.75. The number of halogens is 4. The van der Waals surface area contributed by atoms with Gasteiger partial charge in [-0.05, 0) is 56.2 Å². The summed E-state index contributed by atoms with van der Waals surface area (Å²) < 4.78 is 54.6. The first kappa shape index (κ1) is 26.3. The van der Waals surface area contributed by atoms with Crippen LogP contribution >= 0.6 is 11.6 Å². The fourth-order valence-corrected chi connectivity index (χ4v) is 4.69. The van der Waals surface area contributed by atoms with E-state index < -0.39 is 40.7 Å². The summed E-state index contributed by atoms with van der Waals surface area (Å²) in [6.07, 6.45) is 1.92. The minimum absolute atomic E-state index is 0.00282. The SMILES string of the molecule is CC1(C(F)(F)c2cc(-c3onc([C@@H](CCC(=O)O)CC(=O)Nc4ccc(Cl)cc4F)c3C3CC3)no2)CC1. The summed E-state index contributed by atoms with van der Waals surface area (Å²) in [6.45, 7) is 1.49. The van der Waals surface area contributed by atoms with Gasteiger partial charge < -0.3 is 19.5 Å². The fourth-order valence-electron chi connectivity index (χ4n) is 4.53. The van der Waals surface area contributed by atoms with Gasteiger partial charge in [0.25, 0.3) is 0 Å². The number of hydrogen-bond donors (Lipinski definition) is 2. The number of amides is 1. The molecular formula is C26H25ClF3N3O5. The largest absolute Gasteiger partial charge is 0.481 e. The van der Waals surface area contributed by atoms with Gasteiger partial charge in [-0.15, -0.1) is 0 Å². The highest BCUT2D eigenvalue weighted by atomic mass is 35.5. The Morgan fingerprint density at radius 1 is 1.24 bits per heavy atom. The minimum Gasteiger partial charge on any atom is -0.481 e. The second-order valence-electron chi connectivity index (χ2n) is 10.3. The fraction of sp³-hybridized carbons (Fsp3) is 0.462. The predicted octanol–water partition coefficient (Wildman–Crippen LogP) is 6.87. The number of aliphatic carboxylic acids is 1. The van der Waals surface area contributed by atoms with E-state index in [9.17, 15) is 27.9 Å². The number of anilines is 1. The average molecular weight is 552 g/mol. The highest BCUT2D eigenvalue weighted by molar-refractivity contribution is 6.30. The van der Waals surface area contributed by atoms with Gasteiger partial charge in [-0.2, -0.15) is 8.78 Å². The number of aromatic nitrogens is 2. The van der Waals surface area contributed by atoms with Crippen molar-refractivity contribution >= 4 is 29.2 Å². The van der Waals surface area contributed by atoms with Crippen LogP contribution in [0.1, 0.15) is 80.7 Å². The van der Waals surface area contributed by atoms with Crippen molar-refractivity contribution in [1.29, 1.82) is 0 Å². The van der Waals surface area contributed by atoms with Crippen LogP contribution in [0.2, 0.25) is 5.02 Å². The maximum atomic E-state index is 14.9. The number of nitrogens with one attached hydrogen (secondary N) is 1. The van der Waals surface area contributed by atoms with E-state index in [1.54, 1.807) is 0 Å². The molecule has 0 radical (unpaired) electrons. The van der Waals surface area contributed by atoms with Crippen molar-refractivity contribution in [1.82, 2.24) is 10.3 Å². The lowest BCUT2D eigenvalue weighted by Gasteiger charge is -2.19. The minimum atomic E-state index is -3.19. The van der Waals surface area contributed by atoms with Crippen molar-refractivity contribution in [3.63, 3.8) is 0 Å². The number of carbonyl (C=O) groups excluding carboxylic acids is 1. The van der Waals surface area contributed by atoms with Gasteiger partial charge in [0, 0.05) is 40.8 Å². The highest BCUT2D eigenvalue weighted by Crippen LogP contribution is 2.61. The maximum absolute atomic E-state index is 14.9. The summed E-state index contributed by atoms with van der Waals surface area (Å²) in [6, 6.07) is 4.97. The number of carbonyl (C=O) groups is 2. The Labute approximate surface area is 220 Å². The molecule has 2 aliphatic carbocycles. The number of nitrogens with zero attached hydrogens (tertiary/aromatic N) is 2. The van der Waals surface area contributed by atoms with Crippen molar-refractivity contribution in [2.45, 2.75) is 69.6 Å². The second kappa shape index (κ2) is 9.76. The van der Waals surface area contributed by atoms with Gasteiger partial charge in [-0.1, -0.05) is 28.8 Å². The molecule has 1 aromatic carbocycles. The molecule has 2 aromatic heterocycles. The van der Waals surface area contributed by atoms with E-state index in [2.05, 4.69) is 15.6 Å². The van der Waals surface area contributed by atoms with E-state index in [1.807, 2.05) is 0 Å². The molecule has 2 N–H and O–H groups in total. The Balaban J connectivity index is 1.43. The summed E-state index contributed by atoms with van der Waals surface area (Å²) in [5.74, 6) is -6.61. The van der Waals surface area contributed by atoms with Crippen LogP contribution in [0.4, 0.5) is 18.9 Å². The molecule has 1 amide bonds. The van der Waals surface area contributed by atoms with Gasteiger partial charge in [-0.3, -0.25) is 9.59 Å². The van der Waals surface area contributed by atoms with E-state index in [4.69, 9.17) is 20.6 Å². The van der Waals surface area contributed by atoms with Crippen molar-refractivity contribution in [3.8, 4) is 11.5 Å². The Morgan fingerprint density at radius 2 is 1.97 bits per heavy atom. The van der Waals surface area contributed by atoms with Crippen LogP contribution in [0.5, 0.6) is 0 Å². The van der Waals surface area contributed by atoms with E-state index >= 15 is 0 Å². The standard InChI is InChI=1S/C26H25ClF3N3O5/c1-25(8-9-25)26(29,30)19-12-18(32-37-19)24-22(13-2-3-13)23(33-38-24)14(4-7-21(35)36)10-20(34)31-17-6-5-15(27)11-16(17)28/h5-6,11-14H,2-4,7-10H2,1H3,(H,31,34)(H,35,36)/t14-/m0/s1. The third-order valence-electron chi connectivity index (χ3n) is 7.28. The van der Waals surface area contributed by atoms with E-state index in [1.165, 1.54) is 19.1 Å². The zero-order valence-corrected chi connectivity index (χ0v) is 21.2. The molecule has 0 bridgehead atoms. The van der Waals surface area contributed by atoms with Gasteiger partial charge in [0.05, 0.1) is 11.4 Å². The molecule has 0 spiro atoms. The molecule has 5 rings (SSSR count). The molecule has 1 atom stereocenters. The second-order valence-corrected chi connectivity index (χ2v) is 10.7. The Hall–Kier alpha value is -3.34. The molecule has 202 valence electrons. The lowest BCUT2D eigenvalue weighted by molar-refractivity contribution is -0.137. The van der Waals surface area contributed by atoms with Crippen LogP contribution in [-0.4, -0.2) is 27.3 Å². The molecule has 0 unspecified atom stereocenters. The molecule has 2 saturated carbocycles. The molecule has 3 aromatic rings. The Bertz CT molecular complexity index is 1380. The third-order valence-corrected chi connectivity index (χ3v) is 7.52. The van der Waals surface area contributed by atoms with Gasteiger partial charge >= 0.3 is 11.9 Å². The van der Waals surface area contributed by atoms with E-state index in [0.717, 1.165) is 25.0 Å². The van der Waals surface area contributed by atoms with E-state index in [0.29, 0.717) is 24.1 Å². The predicted molar refractivity (Wildman–Crippen MR) is 129 cm³/mol. The number of rotatable bonds is 11. The summed E-state index contributed by atoms with van der Waals surface area (Å²) in [7, 11) is 0. The molecule has 0 aliphatic heterocycles. The van der Waals surface area contributed by atoms with Gasteiger partial charge in [0.2, 0.25) is 11.7 Å². The van der Waals surface area contributed by atoms with Crippen LogP contribution in [0.3, 0.4) is 0 Å². The maximum Gasteiger partial charge on any atom is 0.312 e. The summed E-state index contributed by atoms with van der Waals surface area (Å²) in [5.41, 5.74) is -0.212.